The molecule has 0 saturated carbocycles. The van der Waals surface area contributed by atoms with Gasteiger partial charge in [-0.15, -0.1) is 0 Å². The number of amides is 2. The van der Waals surface area contributed by atoms with Gasteiger partial charge >= 0.3 is 5.97 Å². The molecule has 3 aromatic rings. The van der Waals surface area contributed by atoms with Gasteiger partial charge in [0.25, 0.3) is 11.8 Å². The minimum Gasteiger partial charge on any atom is -0.459 e. The number of aromatic nitrogens is 2. The highest BCUT2D eigenvalue weighted by Crippen LogP contribution is 2.20. The number of rotatable bonds is 5. The molecule has 0 atom stereocenters. The van der Waals surface area contributed by atoms with Crippen LogP contribution in [0.2, 0.25) is 0 Å². The van der Waals surface area contributed by atoms with Crippen LogP contribution in [0.4, 0.5) is 0 Å². The van der Waals surface area contributed by atoms with Crippen molar-refractivity contribution < 1.29 is 23.5 Å². The maximum atomic E-state index is 12.4. The van der Waals surface area contributed by atoms with Crippen LogP contribution in [0.15, 0.2) is 57.6 Å². The molecular formula is C21H19BrN4O5. The van der Waals surface area contributed by atoms with Gasteiger partial charge in [-0.3, -0.25) is 14.7 Å². The van der Waals surface area contributed by atoms with E-state index in [4.69, 9.17) is 9.15 Å². The van der Waals surface area contributed by atoms with Crippen LogP contribution in [0.3, 0.4) is 0 Å². The highest BCUT2D eigenvalue weighted by atomic mass is 79.9. The molecule has 0 aliphatic carbocycles. The van der Waals surface area contributed by atoms with Crippen LogP contribution in [0.1, 0.15) is 21.0 Å². The van der Waals surface area contributed by atoms with Crippen molar-refractivity contribution in [1.82, 2.24) is 20.0 Å². The smallest absolute Gasteiger partial charge is 0.356 e. The van der Waals surface area contributed by atoms with Crippen molar-refractivity contribution in [3.63, 3.8) is 0 Å². The summed E-state index contributed by atoms with van der Waals surface area (Å²) in [6, 6.07) is 12.3. The molecule has 1 saturated heterocycles. The van der Waals surface area contributed by atoms with Gasteiger partial charge in [0.1, 0.15) is 5.69 Å². The van der Waals surface area contributed by atoms with E-state index in [-0.39, 0.29) is 29.9 Å². The second kappa shape index (κ2) is 9.17. The first-order valence-corrected chi connectivity index (χ1v) is 10.4. The maximum Gasteiger partial charge on any atom is 0.356 e. The topological polar surface area (TPSA) is 109 Å². The van der Waals surface area contributed by atoms with Gasteiger partial charge in [-0.1, -0.05) is 28.1 Å². The molecule has 10 heteroatoms. The number of carbonyl (C=O) groups is 3. The Labute approximate surface area is 186 Å². The fourth-order valence-corrected chi connectivity index (χ4v) is 3.47. The Hall–Kier alpha value is -3.40. The van der Waals surface area contributed by atoms with Crippen LogP contribution >= 0.6 is 15.9 Å². The van der Waals surface area contributed by atoms with Gasteiger partial charge in [0.2, 0.25) is 0 Å². The Bertz CT molecular complexity index is 1070. The number of nitrogens with one attached hydrogen (secondary N) is 1. The Kier molecular flexibility index (Phi) is 6.17. The van der Waals surface area contributed by atoms with Crippen LogP contribution in [0.25, 0.3) is 11.3 Å². The van der Waals surface area contributed by atoms with Gasteiger partial charge in [-0.2, -0.15) is 5.10 Å². The molecule has 3 heterocycles. The number of benzene rings is 1. The minimum atomic E-state index is -0.657. The summed E-state index contributed by atoms with van der Waals surface area (Å²) in [4.78, 5) is 40.1. The molecule has 2 aromatic heterocycles. The fourth-order valence-electron chi connectivity index (χ4n) is 3.21. The molecule has 0 bridgehead atoms. The molecule has 160 valence electrons. The summed E-state index contributed by atoms with van der Waals surface area (Å²) in [5.74, 6) is -0.901. The summed E-state index contributed by atoms with van der Waals surface area (Å²) in [6.45, 7) is 1.12. The minimum absolute atomic E-state index is 0.166. The van der Waals surface area contributed by atoms with Crippen molar-refractivity contribution in [2.75, 3.05) is 32.8 Å². The van der Waals surface area contributed by atoms with Crippen LogP contribution in [-0.2, 0) is 9.53 Å². The molecule has 1 aliphatic heterocycles. The average molecular weight is 487 g/mol. The van der Waals surface area contributed by atoms with Gasteiger partial charge in [0.05, 0.1) is 12.0 Å². The average Bonchev–Trinajstić information content (AvgIpc) is 3.50. The number of hydrogen-bond acceptors (Lipinski definition) is 6. The highest BCUT2D eigenvalue weighted by Gasteiger charge is 2.26. The maximum absolute atomic E-state index is 12.4. The number of hydrogen-bond donors (Lipinski definition) is 1. The first-order chi connectivity index (χ1) is 15.0. The molecular weight excluding hydrogens is 468 g/mol. The molecule has 1 fully saturated rings. The number of H-pyrrole nitrogens is 1. The van der Waals surface area contributed by atoms with Crippen molar-refractivity contribution in [3.05, 3.63) is 64.7 Å². The van der Waals surface area contributed by atoms with Crippen molar-refractivity contribution in [2.45, 2.75) is 0 Å². The van der Waals surface area contributed by atoms with Crippen LogP contribution in [-0.4, -0.2) is 70.6 Å². The molecule has 1 aromatic carbocycles. The summed E-state index contributed by atoms with van der Waals surface area (Å²) in [5.41, 5.74) is 1.61. The molecule has 1 N–H and O–H groups in total. The largest absolute Gasteiger partial charge is 0.459 e. The predicted octanol–water partition coefficient (Wildman–Crippen LogP) is 2.57. The van der Waals surface area contributed by atoms with Crippen molar-refractivity contribution in [2.24, 2.45) is 0 Å². The zero-order chi connectivity index (χ0) is 21.8. The summed E-state index contributed by atoms with van der Waals surface area (Å²) < 4.78 is 11.2. The first-order valence-electron chi connectivity index (χ1n) is 9.60. The number of piperazine rings is 1. The van der Waals surface area contributed by atoms with Gasteiger partial charge in [-0.05, 0) is 30.3 Å². The second-order valence-corrected chi connectivity index (χ2v) is 7.82. The summed E-state index contributed by atoms with van der Waals surface area (Å²) >= 11 is 3.37. The highest BCUT2D eigenvalue weighted by molar-refractivity contribution is 9.10. The standard InChI is InChI=1S/C21H19BrN4O5/c22-15-5-3-14(4-6-15)16-12-17(24-23-16)21(29)31-13-19(27)25-7-9-26(10-8-25)20(28)18-2-1-11-30-18/h1-6,11-12H,7-10,13H2,(H,23,24). The first kappa shape index (κ1) is 20.9. The Morgan fingerprint density at radius 1 is 1.06 bits per heavy atom. The van der Waals surface area contributed by atoms with E-state index >= 15 is 0 Å². The number of ether oxygens (including phenoxy) is 1. The van der Waals surface area contributed by atoms with Crippen molar-refractivity contribution in [3.8, 4) is 11.3 Å². The zero-order valence-corrected chi connectivity index (χ0v) is 18.0. The molecule has 9 nitrogen and oxygen atoms in total. The van der Waals surface area contributed by atoms with E-state index in [0.29, 0.717) is 31.9 Å². The Morgan fingerprint density at radius 3 is 2.45 bits per heavy atom. The van der Waals surface area contributed by atoms with Crippen LogP contribution in [0.5, 0.6) is 0 Å². The van der Waals surface area contributed by atoms with Crippen LogP contribution < -0.4 is 0 Å². The third kappa shape index (κ3) is 4.85. The molecule has 0 spiro atoms. The lowest BCUT2D eigenvalue weighted by Gasteiger charge is -2.34. The summed E-state index contributed by atoms with van der Waals surface area (Å²) in [5, 5.41) is 6.76. The van der Waals surface area contributed by atoms with E-state index in [1.807, 2.05) is 24.3 Å². The van der Waals surface area contributed by atoms with Crippen molar-refractivity contribution >= 4 is 33.7 Å². The lowest BCUT2D eigenvalue weighted by molar-refractivity contribution is -0.136. The van der Waals surface area contributed by atoms with Gasteiger partial charge in [-0.25, -0.2) is 4.79 Å². The van der Waals surface area contributed by atoms with E-state index in [0.717, 1.165) is 10.0 Å². The third-order valence-electron chi connectivity index (χ3n) is 4.92. The fraction of sp³-hybridized carbons (Fsp3) is 0.238. The number of aromatic amines is 1. The number of carbonyl (C=O) groups excluding carboxylic acids is 3. The van der Waals surface area contributed by atoms with E-state index in [9.17, 15) is 14.4 Å². The normalized spacial score (nSPS) is 13.8. The number of halogens is 1. The van der Waals surface area contributed by atoms with E-state index in [2.05, 4.69) is 26.1 Å². The molecule has 2 amide bonds. The summed E-state index contributed by atoms with van der Waals surface area (Å²) in [6.07, 6.45) is 1.45. The SMILES string of the molecule is O=C(OCC(=O)N1CCN(C(=O)c2ccco2)CC1)c1cc(-c2ccc(Br)cc2)n[nH]1. The molecule has 4 rings (SSSR count). The Balaban J connectivity index is 1.26. The zero-order valence-electron chi connectivity index (χ0n) is 16.4. The molecule has 1 aliphatic rings. The third-order valence-corrected chi connectivity index (χ3v) is 5.44. The number of furan rings is 1. The van der Waals surface area contributed by atoms with E-state index in [1.165, 1.54) is 6.26 Å². The monoisotopic (exact) mass is 486 g/mol. The number of esters is 1. The van der Waals surface area contributed by atoms with Crippen molar-refractivity contribution in [1.29, 1.82) is 0 Å². The lowest BCUT2D eigenvalue weighted by atomic mass is 10.1. The van der Waals surface area contributed by atoms with Gasteiger partial charge in [0.15, 0.2) is 12.4 Å². The molecule has 0 radical (unpaired) electrons. The second-order valence-electron chi connectivity index (χ2n) is 6.90. The predicted molar refractivity (Wildman–Crippen MR) is 113 cm³/mol. The molecule has 31 heavy (non-hydrogen) atoms. The van der Waals surface area contributed by atoms with Gasteiger partial charge in [0, 0.05) is 36.2 Å². The lowest BCUT2D eigenvalue weighted by Crippen LogP contribution is -2.51. The van der Waals surface area contributed by atoms with E-state index < -0.39 is 5.97 Å². The Morgan fingerprint density at radius 2 is 1.77 bits per heavy atom. The van der Waals surface area contributed by atoms with E-state index in [1.54, 1.807) is 28.0 Å². The summed E-state index contributed by atoms with van der Waals surface area (Å²) in [7, 11) is 0. The van der Waals surface area contributed by atoms with Gasteiger partial charge < -0.3 is 19.0 Å². The molecule has 0 unspecified atom stereocenters. The number of nitrogens with zero attached hydrogens (tertiary/aromatic N) is 3. The quantitative estimate of drug-likeness (QED) is 0.555. The van der Waals surface area contributed by atoms with Crippen LogP contribution in [0, 0.1) is 0 Å².